The van der Waals surface area contributed by atoms with E-state index in [9.17, 15) is 14.0 Å². The number of carbonyl (C=O) groups excluding carboxylic acids is 2. The molecule has 25 heavy (non-hydrogen) atoms. The molecule has 0 bridgehead atoms. The highest BCUT2D eigenvalue weighted by molar-refractivity contribution is 6.07. The molecule has 0 aromatic heterocycles. The molecule has 2 aromatic carbocycles. The predicted molar refractivity (Wildman–Crippen MR) is 93.6 cm³/mol. The van der Waals surface area contributed by atoms with E-state index in [1.807, 2.05) is 30.3 Å². The second-order valence-corrected chi connectivity index (χ2v) is 6.51. The number of allylic oxidation sites excluding steroid dienone is 2. The number of halogens is 1. The summed E-state index contributed by atoms with van der Waals surface area (Å²) in [5.41, 5.74) is 3.16. The van der Waals surface area contributed by atoms with E-state index in [0.717, 1.165) is 23.3 Å². The van der Waals surface area contributed by atoms with Crippen LogP contribution in [0.4, 0.5) is 10.1 Å². The molecule has 1 aliphatic carbocycles. The Bertz CT molecular complexity index is 855. The Kier molecular flexibility index (Phi) is 3.96. The first-order valence-corrected chi connectivity index (χ1v) is 8.55. The number of carbonyl (C=O) groups is 2. The van der Waals surface area contributed by atoms with Gasteiger partial charge in [-0.3, -0.25) is 14.5 Å². The summed E-state index contributed by atoms with van der Waals surface area (Å²) in [4.78, 5) is 27.2. The van der Waals surface area contributed by atoms with Crippen molar-refractivity contribution in [3.8, 4) is 0 Å². The highest BCUT2D eigenvalue weighted by Crippen LogP contribution is 2.43. The molecule has 0 N–H and O–H groups in total. The minimum Gasteiger partial charge on any atom is -0.294 e. The van der Waals surface area contributed by atoms with Crippen LogP contribution in [0.3, 0.4) is 0 Å². The number of nitrogens with zero attached hydrogens (tertiary/aromatic N) is 1. The highest BCUT2D eigenvalue weighted by atomic mass is 19.1. The predicted octanol–water partition coefficient (Wildman–Crippen LogP) is 4.35. The number of hydrogen-bond acceptors (Lipinski definition) is 2. The third-order valence-corrected chi connectivity index (χ3v) is 4.96. The van der Waals surface area contributed by atoms with Gasteiger partial charge in [0.15, 0.2) is 5.78 Å². The first-order chi connectivity index (χ1) is 12.1. The average Bonchev–Trinajstić information content (AvgIpc) is 2.63. The van der Waals surface area contributed by atoms with Crippen LogP contribution in [0.2, 0.25) is 0 Å². The Hall–Kier alpha value is -2.75. The third-order valence-electron chi connectivity index (χ3n) is 4.96. The summed E-state index contributed by atoms with van der Waals surface area (Å²) in [6.45, 7) is 0. The van der Waals surface area contributed by atoms with Crippen LogP contribution in [0.1, 0.15) is 37.2 Å². The van der Waals surface area contributed by atoms with Crippen LogP contribution in [-0.4, -0.2) is 11.7 Å². The molecule has 4 rings (SSSR count). The quantitative estimate of drug-likeness (QED) is 0.818. The zero-order valence-electron chi connectivity index (χ0n) is 13.7. The third kappa shape index (κ3) is 2.78. The summed E-state index contributed by atoms with van der Waals surface area (Å²) in [6, 6.07) is 15.6. The molecule has 1 atom stereocenters. The van der Waals surface area contributed by atoms with Crippen molar-refractivity contribution < 1.29 is 14.0 Å². The lowest BCUT2D eigenvalue weighted by atomic mass is 9.77. The maximum Gasteiger partial charge on any atom is 0.232 e. The molecule has 0 saturated carbocycles. The molecule has 2 aromatic rings. The molecular formula is C21H18FNO2. The van der Waals surface area contributed by atoms with Crippen molar-refractivity contribution in [3.05, 3.63) is 77.2 Å². The van der Waals surface area contributed by atoms with Gasteiger partial charge in [0.05, 0.1) is 0 Å². The Labute approximate surface area is 145 Å². The number of anilines is 1. The smallest absolute Gasteiger partial charge is 0.232 e. The molecule has 126 valence electrons. The Morgan fingerprint density at radius 1 is 0.920 bits per heavy atom. The molecule has 0 unspecified atom stereocenters. The molecule has 0 saturated heterocycles. The van der Waals surface area contributed by atoms with Crippen LogP contribution in [-0.2, 0) is 9.59 Å². The minimum atomic E-state index is -0.343. The fourth-order valence-electron chi connectivity index (χ4n) is 3.85. The second kappa shape index (κ2) is 6.28. The van der Waals surface area contributed by atoms with E-state index in [1.165, 1.54) is 12.1 Å². The lowest BCUT2D eigenvalue weighted by molar-refractivity contribution is -0.119. The van der Waals surface area contributed by atoms with Gasteiger partial charge >= 0.3 is 0 Å². The topological polar surface area (TPSA) is 37.4 Å². The SMILES string of the molecule is O=C1CCCC2=C1[C@H](c1ccccc1)CC(=O)N2c1ccc(F)cc1. The molecular weight excluding hydrogens is 317 g/mol. The number of benzene rings is 2. The summed E-state index contributed by atoms with van der Waals surface area (Å²) in [7, 11) is 0. The van der Waals surface area contributed by atoms with E-state index >= 15 is 0 Å². The first kappa shape index (κ1) is 15.8. The number of ketones is 1. The second-order valence-electron chi connectivity index (χ2n) is 6.51. The number of Topliss-reactive ketones (excluding diaryl/α,β-unsaturated/α-hetero) is 1. The summed E-state index contributed by atoms with van der Waals surface area (Å²) >= 11 is 0. The van der Waals surface area contributed by atoms with Crippen molar-refractivity contribution in [1.82, 2.24) is 0 Å². The van der Waals surface area contributed by atoms with Crippen LogP contribution in [0, 0.1) is 5.82 Å². The van der Waals surface area contributed by atoms with Crippen LogP contribution >= 0.6 is 0 Å². The van der Waals surface area contributed by atoms with Crippen molar-refractivity contribution in [3.63, 3.8) is 0 Å². The fraction of sp³-hybridized carbons (Fsp3) is 0.238. The van der Waals surface area contributed by atoms with E-state index in [2.05, 4.69) is 0 Å². The van der Waals surface area contributed by atoms with Gasteiger partial charge in [-0.1, -0.05) is 30.3 Å². The van der Waals surface area contributed by atoms with Crippen molar-refractivity contribution in [2.24, 2.45) is 0 Å². The van der Waals surface area contributed by atoms with Gasteiger partial charge in [0.2, 0.25) is 5.91 Å². The van der Waals surface area contributed by atoms with Crippen molar-refractivity contribution >= 4 is 17.4 Å². The maximum atomic E-state index is 13.3. The zero-order valence-corrected chi connectivity index (χ0v) is 13.7. The summed E-state index contributed by atoms with van der Waals surface area (Å²) in [5.74, 6) is -0.457. The van der Waals surface area contributed by atoms with Gasteiger partial charge < -0.3 is 0 Å². The maximum absolute atomic E-state index is 13.3. The van der Waals surface area contributed by atoms with E-state index in [1.54, 1.807) is 17.0 Å². The summed E-state index contributed by atoms with van der Waals surface area (Å²) < 4.78 is 13.3. The van der Waals surface area contributed by atoms with Crippen LogP contribution in [0.25, 0.3) is 0 Å². The molecule has 0 fully saturated rings. The standard InChI is InChI=1S/C21H18FNO2/c22-15-9-11-16(12-10-15)23-18-7-4-8-19(24)21(18)17(13-20(23)25)14-5-2-1-3-6-14/h1-3,5-6,9-12,17H,4,7-8,13H2/t17-/m0/s1. The molecule has 1 heterocycles. The van der Waals surface area contributed by atoms with Crippen molar-refractivity contribution in [2.45, 2.75) is 31.6 Å². The Balaban J connectivity index is 1.85. The van der Waals surface area contributed by atoms with E-state index < -0.39 is 0 Å². The van der Waals surface area contributed by atoms with E-state index in [0.29, 0.717) is 18.5 Å². The van der Waals surface area contributed by atoms with Gasteiger partial charge in [-0.05, 0) is 42.7 Å². The first-order valence-electron chi connectivity index (χ1n) is 8.55. The number of amides is 1. The van der Waals surface area contributed by atoms with Crippen LogP contribution in [0.5, 0.6) is 0 Å². The van der Waals surface area contributed by atoms with Gasteiger partial charge in [0.1, 0.15) is 5.82 Å². The lowest BCUT2D eigenvalue weighted by Crippen LogP contribution is -2.40. The van der Waals surface area contributed by atoms with Gasteiger partial charge in [-0.2, -0.15) is 0 Å². The molecule has 0 spiro atoms. The van der Waals surface area contributed by atoms with Crippen LogP contribution < -0.4 is 4.90 Å². The van der Waals surface area contributed by atoms with Gasteiger partial charge in [0, 0.05) is 35.7 Å². The zero-order chi connectivity index (χ0) is 17.4. The minimum absolute atomic E-state index is 0.0473. The lowest BCUT2D eigenvalue weighted by Gasteiger charge is -2.38. The van der Waals surface area contributed by atoms with Crippen molar-refractivity contribution in [2.75, 3.05) is 4.90 Å². The van der Waals surface area contributed by atoms with E-state index in [-0.39, 0.29) is 29.8 Å². The fourth-order valence-corrected chi connectivity index (χ4v) is 3.85. The normalized spacial score (nSPS) is 20.7. The summed E-state index contributed by atoms with van der Waals surface area (Å²) in [6.07, 6.45) is 2.21. The Morgan fingerprint density at radius 2 is 1.64 bits per heavy atom. The monoisotopic (exact) mass is 335 g/mol. The average molecular weight is 335 g/mol. The van der Waals surface area contributed by atoms with Crippen LogP contribution in [0.15, 0.2) is 65.9 Å². The molecule has 4 heteroatoms. The van der Waals surface area contributed by atoms with E-state index in [4.69, 9.17) is 0 Å². The highest BCUT2D eigenvalue weighted by Gasteiger charge is 2.39. The molecule has 0 radical (unpaired) electrons. The van der Waals surface area contributed by atoms with Gasteiger partial charge in [-0.25, -0.2) is 4.39 Å². The Morgan fingerprint density at radius 3 is 2.36 bits per heavy atom. The number of hydrogen-bond donors (Lipinski definition) is 0. The molecule has 3 nitrogen and oxygen atoms in total. The summed E-state index contributed by atoms with van der Waals surface area (Å²) in [5, 5.41) is 0. The molecule has 1 aliphatic heterocycles. The van der Waals surface area contributed by atoms with Gasteiger partial charge in [-0.15, -0.1) is 0 Å². The number of rotatable bonds is 2. The van der Waals surface area contributed by atoms with Gasteiger partial charge in [0.25, 0.3) is 0 Å². The largest absolute Gasteiger partial charge is 0.294 e. The molecule has 2 aliphatic rings. The molecule has 1 amide bonds. The van der Waals surface area contributed by atoms with Crippen molar-refractivity contribution in [1.29, 1.82) is 0 Å².